The number of aromatic nitrogens is 1. The highest BCUT2D eigenvalue weighted by molar-refractivity contribution is 5.28. The van der Waals surface area contributed by atoms with Crippen molar-refractivity contribution in [2.75, 3.05) is 0 Å². The normalized spacial score (nSPS) is 14.8. The predicted molar refractivity (Wildman–Crippen MR) is 69.1 cm³/mol. The molecule has 106 valence electrons. The molecule has 0 spiro atoms. The lowest BCUT2D eigenvalue weighted by Crippen LogP contribution is -2.10. The topological polar surface area (TPSA) is 33.1 Å². The van der Waals surface area contributed by atoms with Gasteiger partial charge in [0.1, 0.15) is 0 Å². The van der Waals surface area contributed by atoms with Gasteiger partial charge >= 0.3 is 6.18 Å². The summed E-state index contributed by atoms with van der Waals surface area (Å²) in [4.78, 5) is 4.14. The van der Waals surface area contributed by atoms with Crippen LogP contribution >= 0.6 is 0 Å². The number of benzene rings is 1. The fourth-order valence-electron chi connectivity index (χ4n) is 1.97. The lowest BCUT2D eigenvalue weighted by molar-refractivity contribution is -0.137. The summed E-state index contributed by atoms with van der Waals surface area (Å²) < 4.78 is 37.4. The summed E-state index contributed by atoms with van der Waals surface area (Å²) in [5.74, 6) is -0.298. The number of halogens is 3. The zero-order chi connectivity index (χ0) is 14.8. The highest BCUT2D eigenvalue weighted by Crippen LogP contribution is 2.33. The van der Waals surface area contributed by atoms with Crippen LogP contribution in [0, 0.1) is 0 Å². The smallest absolute Gasteiger partial charge is 0.388 e. The summed E-state index contributed by atoms with van der Waals surface area (Å²) >= 11 is 0. The van der Waals surface area contributed by atoms with Gasteiger partial charge in [0.2, 0.25) is 0 Å². The first kappa shape index (κ1) is 14.5. The fraction of sp³-hybridized carbons (Fsp3) is 0.267. The number of hydrogen-bond acceptors (Lipinski definition) is 2. The highest BCUT2D eigenvalue weighted by Gasteiger charge is 2.30. The fourth-order valence-corrected chi connectivity index (χ4v) is 1.97. The molecule has 0 saturated carbocycles. The molecular formula is C15H14F3NO. The van der Waals surface area contributed by atoms with Crippen LogP contribution in [0.1, 0.15) is 35.8 Å². The summed E-state index contributed by atoms with van der Waals surface area (Å²) in [6.07, 6.45) is -3.64. The molecule has 0 aliphatic carbocycles. The van der Waals surface area contributed by atoms with E-state index < -0.39 is 17.8 Å². The van der Waals surface area contributed by atoms with E-state index in [0.29, 0.717) is 11.3 Å². The summed E-state index contributed by atoms with van der Waals surface area (Å²) in [7, 11) is 0. The Morgan fingerprint density at radius 1 is 1.05 bits per heavy atom. The molecule has 1 aromatic carbocycles. The minimum absolute atomic E-state index is 0.298. The Balaban J connectivity index is 2.19. The van der Waals surface area contributed by atoms with Crippen LogP contribution in [-0.2, 0) is 6.18 Å². The van der Waals surface area contributed by atoms with Gasteiger partial charge in [0.15, 0.2) is 0 Å². The molecule has 5 heteroatoms. The number of aliphatic hydroxyl groups excluding tert-OH is 1. The van der Waals surface area contributed by atoms with Crippen molar-refractivity contribution in [3.63, 3.8) is 0 Å². The van der Waals surface area contributed by atoms with Crippen molar-refractivity contribution in [1.29, 1.82) is 0 Å². The van der Waals surface area contributed by atoms with Gasteiger partial charge in [0, 0.05) is 17.8 Å². The van der Waals surface area contributed by atoms with Crippen molar-refractivity contribution >= 4 is 0 Å². The maximum Gasteiger partial charge on any atom is 0.416 e. The molecule has 1 heterocycles. The lowest BCUT2D eigenvalue weighted by Gasteiger charge is -2.19. The van der Waals surface area contributed by atoms with Crippen molar-refractivity contribution in [3.8, 4) is 0 Å². The molecule has 2 atom stereocenters. The minimum atomic E-state index is -4.36. The van der Waals surface area contributed by atoms with Crippen LogP contribution in [0.2, 0.25) is 0 Å². The third-order valence-electron chi connectivity index (χ3n) is 3.21. The monoisotopic (exact) mass is 281 g/mol. The van der Waals surface area contributed by atoms with E-state index in [-0.39, 0.29) is 5.92 Å². The third-order valence-corrected chi connectivity index (χ3v) is 3.21. The van der Waals surface area contributed by atoms with Gasteiger partial charge < -0.3 is 5.11 Å². The second kappa shape index (κ2) is 5.63. The number of hydrogen-bond donors (Lipinski definition) is 1. The molecule has 0 bridgehead atoms. The average Bonchev–Trinajstić information content (AvgIpc) is 2.46. The summed E-state index contributed by atoms with van der Waals surface area (Å²) in [5, 5.41) is 10.2. The molecule has 20 heavy (non-hydrogen) atoms. The summed E-state index contributed by atoms with van der Waals surface area (Å²) in [5.41, 5.74) is 0.412. The molecule has 0 radical (unpaired) electrons. The number of pyridine rings is 1. The Morgan fingerprint density at radius 2 is 1.70 bits per heavy atom. The van der Waals surface area contributed by atoms with E-state index in [1.54, 1.807) is 31.3 Å². The van der Waals surface area contributed by atoms with E-state index >= 15 is 0 Å². The van der Waals surface area contributed by atoms with Gasteiger partial charge in [-0.2, -0.15) is 13.2 Å². The van der Waals surface area contributed by atoms with E-state index in [1.807, 2.05) is 0 Å². The standard InChI is InChI=1S/C15H14F3NO/c1-10(13-4-2-3-9-19-13)14(20)11-5-7-12(8-6-11)15(16,17)18/h2-10,14,20H,1H3. The highest BCUT2D eigenvalue weighted by atomic mass is 19.4. The van der Waals surface area contributed by atoms with E-state index in [1.165, 1.54) is 12.1 Å². The number of alkyl halides is 3. The van der Waals surface area contributed by atoms with Gasteiger partial charge in [0.05, 0.1) is 11.7 Å². The molecule has 0 fully saturated rings. The number of rotatable bonds is 3. The van der Waals surface area contributed by atoms with E-state index in [9.17, 15) is 18.3 Å². The van der Waals surface area contributed by atoms with Crippen LogP contribution < -0.4 is 0 Å². The first-order valence-corrected chi connectivity index (χ1v) is 6.16. The predicted octanol–water partition coefficient (Wildman–Crippen LogP) is 3.94. The van der Waals surface area contributed by atoms with Crippen molar-refractivity contribution in [1.82, 2.24) is 4.98 Å². The van der Waals surface area contributed by atoms with Crippen molar-refractivity contribution < 1.29 is 18.3 Å². The summed E-state index contributed by atoms with van der Waals surface area (Å²) in [6.45, 7) is 1.78. The van der Waals surface area contributed by atoms with Crippen LogP contribution in [0.4, 0.5) is 13.2 Å². The van der Waals surface area contributed by atoms with Gasteiger partial charge in [-0.05, 0) is 29.8 Å². The molecule has 2 rings (SSSR count). The Hall–Kier alpha value is -1.88. The van der Waals surface area contributed by atoms with Crippen molar-refractivity contribution in [2.24, 2.45) is 0 Å². The molecule has 1 N–H and O–H groups in total. The maximum absolute atomic E-state index is 12.5. The molecule has 0 aliphatic rings. The van der Waals surface area contributed by atoms with Gasteiger partial charge in [-0.15, -0.1) is 0 Å². The zero-order valence-electron chi connectivity index (χ0n) is 10.8. The second-order valence-electron chi connectivity index (χ2n) is 4.61. The zero-order valence-corrected chi connectivity index (χ0v) is 10.8. The Morgan fingerprint density at radius 3 is 2.20 bits per heavy atom. The molecule has 2 nitrogen and oxygen atoms in total. The molecule has 0 saturated heterocycles. The van der Waals surface area contributed by atoms with Crippen LogP contribution in [0.25, 0.3) is 0 Å². The largest absolute Gasteiger partial charge is 0.416 e. The van der Waals surface area contributed by atoms with Crippen molar-refractivity contribution in [2.45, 2.75) is 25.1 Å². The molecule has 2 unspecified atom stereocenters. The Bertz CT molecular complexity index is 552. The quantitative estimate of drug-likeness (QED) is 0.924. The molecule has 0 amide bonds. The van der Waals surface area contributed by atoms with E-state index in [4.69, 9.17) is 0 Å². The SMILES string of the molecule is CC(c1ccccn1)C(O)c1ccc(C(F)(F)F)cc1. The van der Waals surface area contributed by atoms with Crippen LogP contribution in [0.5, 0.6) is 0 Å². The van der Waals surface area contributed by atoms with Crippen LogP contribution in [0.15, 0.2) is 48.7 Å². The van der Waals surface area contributed by atoms with Gasteiger partial charge in [-0.1, -0.05) is 25.1 Å². The average molecular weight is 281 g/mol. The van der Waals surface area contributed by atoms with Crippen LogP contribution in [-0.4, -0.2) is 10.1 Å². The van der Waals surface area contributed by atoms with E-state index in [2.05, 4.69) is 4.98 Å². The lowest BCUT2D eigenvalue weighted by atomic mass is 9.93. The second-order valence-corrected chi connectivity index (χ2v) is 4.61. The third kappa shape index (κ3) is 3.17. The first-order chi connectivity index (χ1) is 9.39. The van der Waals surface area contributed by atoms with Gasteiger partial charge in [-0.25, -0.2) is 0 Å². The summed E-state index contributed by atoms with van der Waals surface area (Å²) in [6, 6.07) is 9.89. The van der Waals surface area contributed by atoms with Gasteiger partial charge in [0.25, 0.3) is 0 Å². The van der Waals surface area contributed by atoms with Crippen LogP contribution in [0.3, 0.4) is 0 Å². The molecule has 0 aliphatic heterocycles. The molecule has 2 aromatic rings. The number of nitrogens with zero attached hydrogens (tertiary/aromatic N) is 1. The van der Waals surface area contributed by atoms with Crippen molar-refractivity contribution in [3.05, 3.63) is 65.5 Å². The number of aliphatic hydroxyl groups is 1. The maximum atomic E-state index is 12.5. The molecular weight excluding hydrogens is 267 g/mol. The van der Waals surface area contributed by atoms with E-state index in [0.717, 1.165) is 12.1 Å². The van der Waals surface area contributed by atoms with Gasteiger partial charge in [-0.3, -0.25) is 4.98 Å². The Labute approximate surface area is 114 Å². The minimum Gasteiger partial charge on any atom is -0.388 e. The Kier molecular flexibility index (Phi) is 4.09. The molecule has 1 aromatic heterocycles. The first-order valence-electron chi connectivity index (χ1n) is 6.16.